The highest BCUT2D eigenvalue weighted by atomic mass is 32.1. The minimum absolute atomic E-state index is 0.128. The van der Waals surface area contributed by atoms with Gasteiger partial charge in [-0.25, -0.2) is 0 Å². The van der Waals surface area contributed by atoms with Gasteiger partial charge in [-0.1, -0.05) is 0 Å². The minimum Gasteiger partial charge on any atom is -0.361 e. The Balaban J connectivity index is 2.39. The average Bonchev–Trinajstić information content (AvgIpc) is 2.75. The van der Waals surface area contributed by atoms with Gasteiger partial charge in [0.15, 0.2) is 5.78 Å². The average molecular weight is 191 g/mol. The van der Waals surface area contributed by atoms with Gasteiger partial charge in [0.25, 0.3) is 0 Å². The Morgan fingerprint density at radius 3 is 2.77 bits per heavy atom. The molecular weight excluding hydrogens is 182 g/mol. The lowest BCUT2D eigenvalue weighted by Crippen LogP contribution is -1.83. The molecule has 1 N–H and O–H groups in total. The lowest BCUT2D eigenvalue weighted by Gasteiger charge is -1.89. The summed E-state index contributed by atoms with van der Waals surface area (Å²) in [6.45, 7) is 1.59. The number of nitrogens with one attached hydrogen (secondary N) is 1. The highest BCUT2D eigenvalue weighted by Crippen LogP contribution is 2.26. The molecule has 0 bridgehead atoms. The number of aromatic nitrogens is 1. The largest absolute Gasteiger partial charge is 0.361 e. The maximum Gasteiger partial charge on any atom is 0.169 e. The van der Waals surface area contributed by atoms with Gasteiger partial charge < -0.3 is 4.98 Å². The third-order valence-corrected chi connectivity index (χ3v) is 3.04. The molecule has 0 aliphatic carbocycles. The van der Waals surface area contributed by atoms with E-state index in [0.29, 0.717) is 0 Å². The molecule has 66 valence electrons. The molecule has 0 atom stereocenters. The Labute approximate surface area is 80.2 Å². The van der Waals surface area contributed by atoms with Crippen molar-refractivity contribution in [2.45, 2.75) is 6.92 Å². The number of rotatable bonds is 2. The molecule has 0 radical (unpaired) electrons. The van der Waals surface area contributed by atoms with Crippen LogP contribution in [-0.4, -0.2) is 10.8 Å². The number of aromatic amines is 1. The number of carbonyl (C=O) groups excluding carboxylic acids is 1. The van der Waals surface area contributed by atoms with E-state index in [0.717, 1.165) is 15.4 Å². The van der Waals surface area contributed by atoms with Crippen LogP contribution in [0.2, 0.25) is 0 Å². The quantitative estimate of drug-likeness (QED) is 0.727. The zero-order valence-corrected chi connectivity index (χ0v) is 8.02. The van der Waals surface area contributed by atoms with Gasteiger partial charge in [0, 0.05) is 6.20 Å². The summed E-state index contributed by atoms with van der Waals surface area (Å²) < 4.78 is 0. The number of hydrogen-bond acceptors (Lipinski definition) is 2. The first-order valence-electron chi connectivity index (χ1n) is 4.02. The van der Waals surface area contributed by atoms with Crippen LogP contribution in [-0.2, 0) is 0 Å². The second-order valence-electron chi connectivity index (χ2n) is 2.80. The van der Waals surface area contributed by atoms with Crippen LogP contribution >= 0.6 is 11.3 Å². The highest BCUT2D eigenvalue weighted by molar-refractivity contribution is 7.17. The van der Waals surface area contributed by atoms with E-state index in [4.69, 9.17) is 0 Å². The summed E-state index contributed by atoms with van der Waals surface area (Å²) in [6, 6.07) is 7.77. The third-order valence-electron chi connectivity index (χ3n) is 1.82. The lowest BCUT2D eigenvalue weighted by atomic mass is 10.3. The van der Waals surface area contributed by atoms with Gasteiger partial charge >= 0.3 is 0 Å². The monoisotopic (exact) mass is 191 g/mol. The first kappa shape index (κ1) is 8.26. The van der Waals surface area contributed by atoms with Crippen LogP contribution in [0.4, 0.5) is 0 Å². The van der Waals surface area contributed by atoms with Crippen LogP contribution in [0.25, 0.3) is 10.6 Å². The van der Waals surface area contributed by atoms with Crippen molar-refractivity contribution in [3.8, 4) is 10.6 Å². The Hall–Kier alpha value is -1.35. The summed E-state index contributed by atoms with van der Waals surface area (Å²) in [6.07, 6.45) is 1.88. The van der Waals surface area contributed by atoms with Gasteiger partial charge in [0.1, 0.15) is 0 Å². The topological polar surface area (TPSA) is 32.9 Å². The zero-order valence-electron chi connectivity index (χ0n) is 7.20. The number of ketones is 1. The van der Waals surface area contributed by atoms with Crippen LogP contribution in [0, 0.1) is 0 Å². The van der Waals surface area contributed by atoms with Crippen molar-refractivity contribution in [2.75, 3.05) is 0 Å². The molecule has 2 aromatic rings. The standard InChI is InChI=1S/C10H9NOS/c1-7(12)9-4-5-10(13-9)8-3-2-6-11-8/h2-6,11H,1H3. The molecule has 13 heavy (non-hydrogen) atoms. The smallest absolute Gasteiger partial charge is 0.169 e. The second kappa shape index (κ2) is 3.18. The molecule has 3 heteroatoms. The molecule has 2 rings (SSSR count). The van der Waals surface area contributed by atoms with Crippen molar-refractivity contribution in [3.63, 3.8) is 0 Å². The van der Waals surface area contributed by atoms with E-state index < -0.39 is 0 Å². The van der Waals surface area contributed by atoms with E-state index in [1.807, 2.05) is 30.5 Å². The van der Waals surface area contributed by atoms with Crippen molar-refractivity contribution in [3.05, 3.63) is 35.3 Å². The van der Waals surface area contributed by atoms with E-state index >= 15 is 0 Å². The van der Waals surface area contributed by atoms with E-state index in [1.54, 1.807) is 6.92 Å². The Bertz CT molecular complexity index is 414. The molecule has 0 aliphatic rings. The molecule has 0 aliphatic heterocycles. The predicted octanol–water partition coefficient (Wildman–Crippen LogP) is 2.95. The van der Waals surface area contributed by atoms with Gasteiger partial charge in [0.05, 0.1) is 15.4 Å². The van der Waals surface area contributed by atoms with Crippen molar-refractivity contribution < 1.29 is 4.79 Å². The number of hydrogen-bond donors (Lipinski definition) is 1. The first-order valence-corrected chi connectivity index (χ1v) is 4.83. The fraction of sp³-hybridized carbons (Fsp3) is 0.100. The van der Waals surface area contributed by atoms with Gasteiger partial charge in [-0.15, -0.1) is 11.3 Å². The van der Waals surface area contributed by atoms with Crippen LogP contribution in [0.5, 0.6) is 0 Å². The van der Waals surface area contributed by atoms with E-state index in [-0.39, 0.29) is 5.78 Å². The van der Waals surface area contributed by atoms with E-state index in [2.05, 4.69) is 4.98 Å². The summed E-state index contributed by atoms with van der Waals surface area (Å²) in [4.78, 5) is 16.0. The Morgan fingerprint density at radius 1 is 1.38 bits per heavy atom. The van der Waals surface area contributed by atoms with Crippen LogP contribution < -0.4 is 0 Å². The maximum atomic E-state index is 11.0. The summed E-state index contributed by atoms with van der Waals surface area (Å²) >= 11 is 1.52. The highest BCUT2D eigenvalue weighted by Gasteiger charge is 2.05. The normalized spacial score (nSPS) is 10.2. The third kappa shape index (κ3) is 1.55. The molecule has 0 aromatic carbocycles. The maximum absolute atomic E-state index is 11.0. The Kier molecular flexibility index (Phi) is 2.02. The van der Waals surface area contributed by atoms with E-state index in [9.17, 15) is 4.79 Å². The molecule has 0 saturated carbocycles. The fourth-order valence-corrected chi connectivity index (χ4v) is 2.05. The molecule has 0 spiro atoms. The Morgan fingerprint density at radius 2 is 2.23 bits per heavy atom. The molecule has 0 unspecified atom stereocenters. The van der Waals surface area contributed by atoms with Crippen molar-refractivity contribution in [2.24, 2.45) is 0 Å². The van der Waals surface area contributed by atoms with Crippen LogP contribution in [0.1, 0.15) is 16.6 Å². The van der Waals surface area contributed by atoms with Crippen molar-refractivity contribution >= 4 is 17.1 Å². The number of thiophene rings is 1. The van der Waals surface area contributed by atoms with Crippen molar-refractivity contribution in [1.82, 2.24) is 4.98 Å². The van der Waals surface area contributed by atoms with Gasteiger partial charge in [-0.05, 0) is 31.2 Å². The summed E-state index contributed by atoms with van der Waals surface area (Å²) in [5.41, 5.74) is 1.07. The van der Waals surface area contributed by atoms with Crippen LogP contribution in [0.15, 0.2) is 30.5 Å². The zero-order chi connectivity index (χ0) is 9.26. The lowest BCUT2D eigenvalue weighted by molar-refractivity contribution is 0.102. The van der Waals surface area contributed by atoms with Crippen molar-refractivity contribution in [1.29, 1.82) is 0 Å². The predicted molar refractivity (Wildman–Crippen MR) is 54.1 cm³/mol. The number of H-pyrrole nitrogens is 1. The number of carbonyl (C=O) groups is 1. The first-order chi connectivity index (χ1) is 6.27. The molecule has 0 amide bonds. The summed E-state index contributed by atoms with van der Waals surface area (Å²) in [5.74, 6) is 0.128. The van der Waals surface area contributed by atoms with Crippen LogP contribution in [0.3, 0.4) is 0 Å². The molecule has 2 heterocycles. The molecule has 2 nitrogen and oxygen atoms in total. The minimum atomic E-state index is 0.128. The summed E-state index contributed by atoms with van der Waals surface area (Å²) in [5, 5.41) is 0. The van der Waals surface area contributed by atoms with Gasteiger partial charge in [0.2, 0.25) is 0 Å². The number of Topliss-reactive ketones (excluding diaryl/α,β-unsaturated/α-hetero) is 1. The SMILES string of the molecule is CC(=O)c1ccc(-c2ccc[nH]2)s1. The van der Waals surface area contributed by atoms with E-state index in [1.165, 1.54) is 11.3 Å². The fourth-order valence-electron chi connectivity index (χ4n) is 1.16. The van der Waals surface area contributed by atoms with Gasteiger partial charge in [-0.2, -0.15) is 0 Å². The summed E-state index contributed by atoms with van der Waals surface area (Å²) in [7, 11) is 0. The molecular formula is C10H9NOS. The molecule has 0 fully saturated rings. The molecule has 0 saturated heterocycles. The van der Waals surface area contributed by atoms with Gasteiger partial charge in [-0.3, -0.25) is 4.79 Å². The second-order valence-corrected chi connectivity index (χ2v) is 3.89. The molecule has 2 aromatic heterocycles.